The Labute approximate surface area is 179 Å². The number of nitro benzene ring substituents is 1. The average Bonchev–Trinajstić information content (AvgIpc) is 3.04. The van der Waals surface area contributed by atoms with Crippen LogP contribution in [0, 0.1) is 16.0 Å². The van der Waals surface area contributed by atoms with Crippen molar-refractivity contribution < 1.29 is 38.3 Å². The Morgan fingerprint density at radius 2 is 1.74 bits per heavy atom. The number of nitrogens with zero attached hydrogens (tertiary/aromatic N) is 2. The summed E-state index contributed by atoms with van der Waals surface area (Å²) in [7, 11) is 2.39. The molecule has 31 heavy (non-hydrogen) atoms. The molecule has 1 aromatic carbocycles. The molecule has 0 N–H and O–H groups in total. The lowest BCUT2D eigenvalue weighted by Crippen LogP contribution is -2.46. The molecule has 1 heterocycles. The second-order valence-corrected chi connectivity index (χ2v) is 7.95. The minimum absolute atomic E-state index is 0.0622. The minimum atomic E-state index is -1.14. The Morgan fingerprint density at radius 3 is 2.23 bits per heavy atom. The second-order valence-electron chi connectivity index (χ2n) is 7.95. The fourth-order valence-electron chi connectivity index (χ4n) is 3.27. The number of esters is 2. The zero-order valence-electron chi connectivity index (χ0n) is 18.0. The minimum Gasteiger partial charge on any atom is -0.488 e. The Kier molecular flexibility index (Phi) is 7.42. The molecule has 1 saturated heterocycles. The summed E-state index contributed by atoms with van der Waals surface area (Å²) >= 11 is 0. The molecule has 2 rings (SSSR count). The first-order valence-corrected chi connectivity index (χ1v) is 9.52. The number of carbonyl (C=O) groups is 3. The Morgan fingerprint density at radius 1 is 1.13 bits per heavy atom. The highest BCUT2D eigenvalue weighted by Crippen LogP contribution is 2.33. The van der Waals surface area contributed by atoms with Crippen molar-refractivity contribution in [2.75, 3.05) is 20.8 Å². The summed E-state index contributed by atoms with van der Waals surface area (Å²) in [4.78, 5) is 48.8. The maximum absolute atomic E-state index is 12.8. The second kappa shape index (κ2) is 9.63. The number of non-ortho nitro benzene ring substituents is 1. The van der Waals surface area contributed by atoms with Crippen LogP contribution in [-0.2, 0) is 23.8 Å². The van der Waals surface area contributed by atoms with Gasteiger partial charge in [-0.3, -0.25) is 19.8 Å². The third kappa shape index (κ3) is 6.06. The molecule has 0 aromatic heterocycles. The van der Waals surface area contributed by atoms with E-state index in [1.54, 1.807) is 20.8 Å². The van der Waals surface area contributed by atoms with Crippen LogP contribution in [0.15, 0.2) is 24.3 Å². The number of likely N-dealkylation sites (tertiary alicyclic amines) is 1. The summed E-state index contributed by atoms with van der Waals surface area (Å²) in [6.07, 6.45) is -1.77. The maximum Gasteiger partial charge on any atom is 0.411 e. The van der Waals surface area contributed by atoms with Crippen molar-refractivity contribution in [1.29, 1.82) is 0 Å². The van der Waals surface area contributed by atoms with E-state index in [2.05, 4.69) is 0 Å². The quantitative estimate of drug-likeness (QED) is 0.284. The van der Waals surface area contributed by atoms with E-state index in [1.807, 2.05) is 0 Å². The van der Waals surface area contributed by atoms with Gasteiger partial charge in [0, 0.05) is 18.1 Å². The molecule has 0 radical (unpaired) electrons. The van der Waals surface area contributed by atoms with E-state index < -0.39 is 46.6 Å². The van der Waals surface area contributed by atoms with Gasteiger partial charge in [0.25, 0.3) is 5.69 Å². The van der Waals surface area contributed by atoms with Crippen LogP contribution in [-0.4, -0.2) is 66.4 Å². The normalized spacial score (nSPS) is 20.7. The molecule has 0 bridgehead atoms. The van der Waals surface area contributed by atoms with Crippen molar-refractivity contribution >= 4 is 23.7 Å². The first kappa shape index (κ1) is 23.9. The molecule has 0 unspecified atom stereocenters. The van der Waals surface area contributed by atoms with Crippen LogP contribution < -0.4 is 4.74 Å². The van der Waals surface area contributed by atoms with Crippen molar-refractivity contribution in [1.82, 2.24) is 4.90 Å². The van der Waals surface area contributed by atoms with Crippen molar-refractivity contribution in [3.05, 3.63) is 34.4 Å². The van der Waals surface area contributed by atoms with Crippen LogP contribution >= 0.6 is 0 Å². The van der Waals surface area contributed by atoms with Gasteiger partial charge in [-0.1, -0.05) is 0 Å². The van der Waals surface area contributed by atoms with Crippen molar-refractivity contribution in [2.45, 2.75) is 44.9 Å². The van der Waals surface area contributed by atoms with Crippen LogP contribution in [0.5, 0.6) is 5.75 Å². The zero-order valence-corrected chi connectivity index (χ0v) is 18.0. The molecule has 0 aliphatic carbocycles. The van der Waals surface area contributed by atoms with Gasteiger partial charge in [0.1, 0.15) is 23.5 Å². The molecule has 11 heteroatoms. The topological polar surface area (TPSA) is 135 Å². The van der Waals surface area contributed by atoms with E-state index in [0.29, 0.717) is 0 Å². The predicted molar refractivity (Wildman–Crippen MR) is 106 cm³/mol. The van der Waals surface area contributed by atoms with Gasteiger partial charge < -0.3 is 18.9 Å². The number of rotatable bonds is 6. The third-order valence-electron chi connectivity index (χ3n) is 4.63. The molecule has 1 aliphatic rings. The highest BCUT2D eigenvalue weighted by molar-refractivity contribution is 5.84. The molecule has 170 valence electrons. The van der Waals surface area contributed by atoms with Gasteiger partial charge >= 0.3 is 18.0 Å². The average molecular weight is 438 g/mol. The molecule has 0 spiro atoms. The number of amides is 1. The number of hydrogen-bond donors (Lipinski definition) is 0. The summed E-state index contributed by atoms with van der Waals surface area (Å²) in [5.41, 5.74) is -0.930. The zero-order chi connectivity index (χ0) is 23.3. The molecule has 1 aliphatic heterocycles. The molecular formula is C20H26N2O9. The number of ether oxygens (including phenoxy) is 4. The Bertz CT molecular complexity index is 832. The lowest BCUT2D eigenvalue weighted by atomic mass is 9.94. The number of benzene rings is 1. The van der Waals surface area contributed by atoms with Crippen molar-refractivity contribution in [2.24, 2.45) is 5.92 Å². The molecule has 1 amide bonds. The van der Waals surface area contributed by atoms with E-state index in [9.17, 15) is 24.5 Å². The van der Waals surface area contributed by atoms with Crippen molar-refractivity contribution in [3.63, 3.8) is 0 Å². The lowest BCUT2D eigenvalue weighted by molar-refractivity contribution is -0.384. The van der Waals surface area contributed by atoms with Crippen LogP contribution in [0.1, 0.15) is 27.2 Å². The first-order chi connectivity index (χ1) is 14.5. The van der Waals surface area contributed by atoms with Crippen LogP contribution in [0.25, 0.3) is 0 Å². The van der Waals surface area contributed by atoms with Gasteiger partial charge in [0.2, 0.25) is 0 Å². The van der Waals surface area contributed by atoms with Gasteiger partial charge in [0.15, 0.2) is 0 Å². The van der Waals surface area contributed by atoms with Crippen LogP contribution in [0.2, 0.25) is 0 Å². The number of carbonyl (C=O) groups excluding carboxylic acids is 3. The molecule has 1 fully saturated rings. The predicted octanol–water partition coefficient (Wildman–Crippen LogP) is 2.31. The largest absolute Gasteiger partial charge is 0.488 e. The summed E-state index contributed by atoms with van der Waals surface area (Å²) in [5.74, 6) is -1.83. The van der Waals surface area contributed by atoms with E-state index >= 15 is 0 Å². The number of nitro groups is 1. The molecule has 3 atom stereocenters. The highest BCUT2D eigenvalue weighted by atomic mass is 16.6. The van der Waals surface area contributed by atoms with Crippen LogP contribution in [0.3, 0.4) is 0 Å². The Hall–Kier alpha value is -3.37. The third-order valence-corrected chi connectivity index (χ3v) is 4.63. The fraction of sp³-hybridized carbons (Fsp3) is 0.550. The summed E-state index contributed by atoms with van der Waals surface area (Å²) in [5, 5.41) is 10.9. The highest BCUT2D eigenvalue weighted by Gasteiger charge is 2.51. The van der Waals surface area contributed by atoms with E-state index in [1.165, 1.54) is 43.4 Å². The summed E-state index contributed by atoms with van der Waals surface area (Å²) in [6.45, 7) is 4.99. The van der Waals surface area contributed by atoms with E-state index in [0.717, 1.165) is 0 Å². The standard InChI is InChI=1S/C20H26N2O9/c1-20(2,3)31-19(25)21-11-15(30-13-8-6-12(7-9-13)22(26)27)14(10-16(23)28-4)17(21)18(24)29-5/h6-9,14-15,17H,10-11H2,1-5H3/t14-,15+,17-/m0/s1. The fourth-order valence-corrected chi connectivity index (χ4v) is 3.27. The molecular weight excluding hydrogens is 412 g/mol. The van der Waals surface area contributed by atoms with Crippen molar-refractivity contribution in [3.8, 4) is 5.75 Å². The van der Waals surface area contributed by atoms with Gasteiger partial charge in [-0.05, 0) is 32.9 Å². The Balaban J connectivity index is 2.36. The SMILES string of the molecule is COC(=O)C[C@@H]1[C@@H](C(=O)OC)N(C(=O)OC(C)(C)C)C[C@H]1Oc1ccc([N+](=O)[O-])cc1. The molecule has 0 saturated carbocycles. The first-order valence-electron chi connectivity index (χ1n) is 9.52. The van der Waals surface area contributed by atoms with Gasteiger partial charge in [-0.25, -0.2) is 9.59 Å². The lowest BCUT2D eigenvalue weighted by Gasteiger charge is -2.28. The summed E-state index contributed by atoms with van der Waals surface area (Å²) in [6, 6.07) is 4.20. The summed E-state index contributed by atoms with van der Waals surface area (Å²) < 4.78 is 20.9. The number of methoxy groups -OCH3 is 2. The molecule has 11 nitrogen and oxygen atoms in total. The van der Waals surface area contributed by atoms with E-state index in [4.69, 9.17) is 18.9 Å². The maximum atomic E-state index is 12.8. The number of hydrogen-bond acceptors (Lipinski definition) is 9. The molecule has 1 aromatic rings. The van der Waals surface area contributed by atoms with Gasteiger partial charge in [-0.15, -0.1) is 0 Å². The van der Waals surface area contributed by atoms with Gasteiger partial charge in [-0.2, -0.15) is 0 Å². The monoisotopic (exact) mass is 438 g/mol. The smallest absolute Gasteiger partial charge is 0.411 e. The van der Waals surface area contributed by atoms with Gasteiger partial charge in [0.05, 0.1) is 32.1 Å². The van der Waals surface area contributed by atoms with Crippen LogP contribution in [0.4, 0.5) is 10.5 Å². The van der Waals surface area contributed by atoms with E-state index in [-0.39, 0.29) is 24.4 Å².